The summed E-state index contributed by atoms with van der Waals surface area (Å²) in [5.74, 6) is 1.62. The molecule has 0 amide bonds. The molecule has 7 aromatic carbocycles. The average Bonchev–Trinajstić information content (AvgIpc) is 4.02. The van der Waals surface area contributed by atoms with Crippen molar-refractivity contribution in [2.75, 3.05) is 0 Å². The number of halogens is 2. The molecule has 2 radical (unpaired) electrons. The molecule has 0 unspecified atom stereocenters. The van der Waals surface area contributed by atoms with Crippen molar-refractivity contribution >= 4 is 52.9 Å². The normalized spacial score (nSPS) is 13.4. The molecule has 8 aromatic rings. The molecule has 49 heavy (non-hydrogen) atoms. The van der Waals surface area contributed by atoms with Crippen LogP contribution >= 0.6 is 0 Å². The summed E-state index contributed by atoms with van der Waals surface area (Å²) in [6.45, 7) is 4.31. The quantitative estimate of drug-likeness (QED) is 0.144. The van der Waals surface area contributed by atoms with E-state index >= 15 is 0 Å². The van der Waals surface area contributed by atoms with E-state index in [2.05, 4.69) is 157 Å². The fourth-order valence-electron chi connectivity index (χ4n) is 7.05. The van der Waals surface area contributed by atoms with Gasteiger partial charge in [0.15, 0.2) is 0 Å². The molecule has 0 atom stereocenters. The third kappa shape index (κ3) is 7.47. The third-order valence-corrected chi connectivity index (χ3v) is 9.53. The Kier molecular flexibility index (Phi) is 12.3. The van der Waals surface area contributed by atoms with Crippen LogP contribution in [-0.4, -0.2) is 14.1 Å². The summed E-state index contributed by atoms with van der Waals surface area (Å²) in [7, 11) is 1.08. The fourth-order valence-corrected chi connectivity index (χ4v) is 7.05. The van der Waals surface area contributed by atoms with Crippen molar-refractivity contribution in [2.24, 2.45) is 0 Å². The summed E-state index contributed by atoms with van der Waals surface area (Å²) in [5.41, 5.74) is 9.59. The fraction of sp³-hybridized carbons (Fsp3) is 0.182. The Balaban J connectivity index is 0.000000174. The molecule has 0 spiro atoms. The summed E-state index contributed by atoms with van der Waals surface area (Å²) >= 11 is 0. The van der Waals surface area contributed by atoms with Gasteiger partial charge in [-0.3, -0.25) is 0 Å². The van der Waals surface area contributed by atoms with Gasteiger partial charge in [0.2, 0.25) is 0 Å². The van der Waals surface area contributed by atoms with E-state index in [1.165, 1.54) is 97.0 Å². The standard InChI is InChI=1S/C24H18N.C18H15.C2H6Si.2ClH.Zr/c1-3-9-22-19(7-1)20-8-2-4-10-23(20)25(22)24-11-5-6-17-14-18(15-21(17)24)16-12-13-16;1-2-5-14(6-3-1)17-8-4-7-15-11-16(12-18(15)17)13-9-10-13;1-3-2;;;/h1-11,14-16H,12-13H2;1-8,11-13H,9-10H2;1-2H3;2*1H;/q2*-1;;;;+4/p-2. The summed E-state index contributed by atoms with van der Waals surface area (Å²) in [6.07, 6.45) is 5.44. The minimum Gasteiger partial charge on any atom is -1.00 e. The van der Waals surface area contributed by atoms with E-state index < -0.39 is 0 Å². The zero-order chi connectivity index (χ0) is 31.0. The van der Waals surface area contributed by atoms with Gasteiger partial charge in [0.05, 0.1) is 11.0 Å². The average molecular weight is 772 g/mol. The van der Waals surface area contributed by atoms with E-state index in [0.29, 0.717) is 0 Å². The topological polar surface area (TPSA) is 4.93 Å². The molecule has 2 fully saturated rings. The van der Waals surface area contributed by atoms with Crippen molar-refractivity contribution in [1.29, 1.82) is 0 Å². The Hall–Kier alpha value is -3.20. The number of benzene rings is 5. The van der Waals surface area contributed by atoms with Crippen LogP contribution in [0.15, 0.2) is 140 Å². The molecule has 242 valence electrons. The Morgan fingerprint density at radius 3 is 1.55 bits per heavy atom. The number of hydrogen-bond acceptors (Lipinski definition) is 0. The van der Waals surface area contributed by atoms with Crippen LogP contribution < -0.4 is 24.8 Å². The number of nitrogens with zero attached hydrogens (tertiary/aromatic N) is 1. The first kappa shape index (κ1) is 37.1. The minimum absolute atomic E-state index is 0. The van der Waals surface area contributed by atoms with E-state index in [1.807, 2.05) is 0 Å². The number of aromatic nitrogens is 1. The monoisotopic (exact) mass is 769 g/mol. The van der Waals surface area contributed by atoms with E-state index in [4.69, 9.17) is 0 Å². The molecule has 10 rings (SSSR count). The number of rotatable bonds is 4. The summed E-state index contributed by atoms with van der Waals surface area (Å²) < 4.78 is 2.43. The van der Waals surface area contributed by atoms with E-state index in [1.54, 1.807) is 0 Å². The molecule has 0 saturated heterocycles. The number of fused-ring (bicyclic) bond motifs is 5. The third-order valence-electron chi connectivity index (χ3n) is 9.53. The zero-order valence-corrected chi connectivity index (χ0v) is 32.9. The van der Waals surface area contributed by atoms with Gasteiger partial charge >= 0.3 is 26.2 Å². The zero-order valence-electron chi connectivity index (χ0n) is 28.0. The molecule has 2 aliphatic carbocycles. The smallest absolute Gasteiger partial charge is 1.00 e. The van der Waals surface area contributed by atoms with E-state index in [-0.39, 0.29) is 51.0 Å². The van der Waals surface area contributed by atoms with Gasteiger partial charge in [-0.05, 0) is 55.2 Å². The van der Waals surface area contributed by atoms with Gasteiger partial charge in [-0.1, -0.05) is 97.5 Å². The molecule has 0 N–H and O–H groups in total. The second-order valence-electron chi connectivity index (χ2n) is 13.0. The molecule has 5 heteroatoms. The van der Waals surface area contributed by atoms with Crippen molar-refractivity contribution < 1.29 is 51.0 Å². The SMILES string of the molecule is C[Si]C.[Cl-].[Cl-].[Zr+4].c1cc(-n2c3ccccc3c3ccccc32)c2cc(C3CC3)[cH-]c2c1.c1ccc(-c2cccc3[cH-]c(C4CC4)cc23)cc1. The second kappa shape index (κ2) is 16.2. The maximum absolute atomic E-state index is 2.43. The first-order valence-electron chi connectivity index (χ1n) is 16.7. The van der Waals surface area contributed by atoms with Gasteiger partial charge in [0.25, 0.3) is 0 Å². The molecule has 0 bridgehead atoms. The summed E-state index contributed by atoms with van der Waals surface area (Å²) in [6, 6.07) is 51.1. The molecule has 1 aromatic heterocycles. The molecule has 1 heterocycles. The van der Waals surface area contributed by atoms with Crippen LogP contribution in [0.3, 0.4) is 0 Å². The van der Waals surface area contributed by atoms with Crippen molar-refractivity contribution in [2.45, 2.75) is 50.6 Å². The van der Waals surface area contributed by atoms with Crippen molar-refractivity contribution in [1.82, 2.24) is 4.57 Å². The Labute approximate surface area is 324 Å². The minimum atomic E-state index is 0. The van der Waals surface area contributed by atoms with Gasteiger partial charge in [-0.2, -0.15) is 12.1 Å². The van der Waals surface area contributed by atoms with Crippen molar-refractivity contribution in [3.63, 3.8) is 0 Å². The predicted molar refractivity (Wildman–Crippen MR) is 200 cm³/mol. The van der Waals surface area contributed by atoms with E-state index in [0.717, 1.165) is 21.4 Å². The number of para-hydroxylation sites is 2. The van der Waals surface area contributed by atoms with Crippen LogP contribution in [0.5, 0.6) is 0 Å². The molecule has 0 aliphatic heterocycles. The van der Waals surface area contributed by atoms with Crippen LogP contribution in [0.4, 0.5) is 0 Å². The molecular weight excluding hydrogens is 733 g/mol. The number of hydrogen-bond donors (Lipinski definition) is 0. The van der Waals surface area contributed by atoms with Crippen LogP contribution in [0, 0.1) is 0 Å². The molecule has 1 nitrogen and oxygen atoms in total. The Morgan fingerprint density at radius 2 is 1.00 bits per heavy atom. The predicted octanol–water partition coefficient (Wildman–Crippen LogP) is 6.43. The molecule has 2 saturated carbocycles. The Morgan fingerprint density at radius 1 is 0.531 bits per heavy atom. The molecular formula is C44H39Cl2NSiZr. The second-order valence-corrected chi connectivity index (χ2v) is 14.0. The first-order valence-corrected chi connectivity index (χ1v) is 18.7. The van der Waals surface area contributed by atoms with E-state index in [9.17, 15) is 0 Å². The van der Waals surface area contributed by atoms with Crippen LogP contribution in [0.2, 0.25) is 13.1 Å². The summed E-state index contributed by atoms with van der Waals surface area (Å²) in [4.78, 5) is 0. The van der Waals surface area contributed by atoms with Crippen LogP contribution in [-0.2, 0) is 26.2 Å². The van der Waals surface area contributed by atoms with Gasteiger partial charge in [-0.25, -0.2) is 0 Å². The van der Waals surface area contributed by atoms with Crippen molar-refractivity contribution in [3.8, 4) is 16.8 Å². The van der Waals surface area contributed by atoms with Gasteiger partial charge < -0.3 is 29.4 Å². The van der Waals surface area contributed by atoms with Gasteiger partial charge in [0.1, 0.15) is 0 Å². The largest absolute Gasteiger partial charge is 4.00 e. The maximum Gasteiger partial charge on any atom is 4.00 e. The van der Waals surface area contributed by atoms with Crippen LogP contribution in [0.1, 0.15) is 48.6 Å². The van der Waals surface area contributed by atoms with Gasteiger partial charge in [0, 0.05) is 26.0 Å². The summed E-state index contributed by atoms with van der Waals surface area (Å²) in [5, 5.41) is 8.18. The van der Waals surface area contributed by atoms with Crippen molar-refractivity contribution in [3.05, 3.63) is 151 Å². The maximum atomic E-state index is 2.43. The van der Waals surface area contributed by atoms with Crippen LogP contribution in [0.25, 0.3) is 60.2 Å². The Bertz CT molecular complexity index is 2240. The first-order chi connectivity index (χ1) is 22.7. The van der Waals surface area contributed by atoms with Gasteiger partial charge in [-0.15, -0.1) is 69.1 Å². The molecule has 2 aliphatic rings.